The molecule has 1 fully saturated rings. The highest BCUT2D eigenvalue weighted by Crippen LogP contribution is 2.56. The lowest BCUT2D eigenvalue weighted by Gasteiger charge is -2.36. The Balaban J connectivity index is 1.49. The standard InChI is InChI=1S/C29H23FN4O2/c30-27-19(5-3-11-32-27)18-7-8-25-22(14-18)29(21-6-2-1-4-20(21)28(31)34-29)23-15-24(33-16-26(23)36-25)17-9-12-35-13-10-17/h1-8,11,14-17H,9-10,12-13H2,(H2,31,34). The van der Waals surface area contributed by atoms with E-state index in [1.807, 2.05) is 36.4 Å². The van der Waals surface area contributed by atoms with E-state index in [4.69, 9.17) is 25.2 Å². The summed E-state index contributed by atoms with van der Waals surface area (Å²) in [6.07, 6.45) is 5.08. The van der Waals surface area contributed by atoms with Gasteiger partial charge in [-0.25, -0.2) is 9.98 Å². The third kappa shape index (κ3) is 3.02. The molecule has 5 heterocycles. The largest absolute Gasteiger partial charge is 0.455 e. The van der Waals surface area contributed by atoms with E-state index >= 15 is 0 Å². The number of fused-ring (bicyclic) bond motifs is 6. The van der Waals surface area contributed by atoms with Gasteiger partial charge in [0.05, 0.1) is 6.20 Å². The molecule has 4 aromatic rings. The Morgan fingerprint density at radius 1 is 0.861 bits per heavy atom. The molecule has 36 heavy (non-hydrogen) atoms. The molecule has 2 N–H and O–H groups in total. The molecule has 1 spiro atoms. The summed E-state index contributed by atoms with van der Waals surface area (Å²) in [7, 11) is 0. The van der Waals surface area contributed by atoms with Crippen molar-refractivity contribution >= 4 is 5.84 Å². The minimum atomic E-state index is -0.929. The van der Waals surface area contributed by atoms with Gasteiger partial charge in [0.15, 0.2) is 5.75 Å². The van der Waals surface area contributed by atoms with Gasteiger partial charge in [-0.05, 0) is 54.3 Å². The Morgan fingerprint density at radius 2 is 1.67 bits per heavy atom. The van der Waals surface area contributed by atoms with Crippen molar-refractivity contribution < 1.29 is 13.9 Å². The molecule has 0 aliphatic carbocycles. The molecule has 7 rings (SSSR count). The van der Waals surface area contributed by atoms with E-state index in [2.05, 4.69) is 17.1 Å². The molecule has 3 aliphatic rings. The van der Waals surface area contributed by atoms with Crippen LogP contribution < -0.4 is 10.5 Å². The summed E-state index contributed by atoms with van der Waals surface area (Å²) in [5, 5.41) is 0. The monoisotopic (exact) mass is 478 g/mol. The summed E-state index contributed by atoms with van der Waals surface area (Å²) in [5.74, 6) is 1.53. The number of nitrogens with two attached hydrogens (primary N) is 1. The van der Waals surface area contributed by atoms with E-state index < -0.39 is 11.5 Å². The molecule has 2 aromatic carbocycles. The molecule has 0 radical (unpaired) electrons. The molecule has 6 nitrogen and oxygen atoms in total. The number of amidine groups is 1. The number of benzene rings is 2. The number of rotatable bonds is 2. The lowest BCUT2D eigenvalue weighted by Crippen LogP contribution is -2.30. The lowest BCUT2D eigenvalue weighted by atomic mass is 9.74. The lowest BCUT2D eigenvalue weighted by molar-refractivity contribution is 0.0844. The average molecular weight is 479 g/mol. The fourth-order valence-electron chi connectivity index (χ4n) is 5.71. The highest BCUT2D eigenvalue weighted by atomic mass is 19.1. The minimum Gasteiger partial charge on any atom is -0.455 e. The number of ether oxygens (including phenoxy) is 2. The molecule has 1 atom stereocenters. The Morgan fingerprint density at radius 3 is 2.53 bits per heavy atom. The van der Waals surface area contributed by atoms with Gasteiger partial charge in [-0.3, -0.25) is 4.98 Å². The van der Waals surface area contributed by atoms with Crippen molar-refractivity contribution in [3.63, 3.8) is 0 Å². The van der Waals surface area contributed by atoms with E-state index in [0.29, 0.717) is 34.4 Å². The minimum absolute atomic E-state index is 0.302. The zero-order valence-electron chi connectivity index (χ0n) is 19.4. The summed E-state index contributed by atoms with van der Waals surface area (Å²) in [5.41, 5.74) is 11.3. The summed E-state index contributed by atoms with van der Waals surface area (Å²) >= 11 is 0. The van der Waals surface area contributed by atoms with E-state index in [1.165, 1.54) is 6.20 Å². The number of hydrogen-bond donors (Lipinski definition) is 1. The topological polar surface area (TPSA) is 82.6 Å². The van der Waals surface area contributed by atoms with E-state index in [-0.39, 0.29) is 0 Å². The van der Waals surface area contributed by atoms with Gasteiger partial charge in [-0.2, -0.15) is 4.39 Å². The van der Waals surface area contributed by atoms with Crippen LogP contribution in [0.1, 0.15) is 46.7 Å². The maximum atomic E-state index is 14.7. The molecule has 0 bridgehead atoms. The summed E-state index contributed by atoms with van der Waals surface area (Å²) in [6.45, 7) is 1.45. The van der Waals surface area contributed by atoms with E-state index in [9.17, 15) is 4.39 Å². The molecular formula is C29H23FN4O2. The zero-order valence-corrected chi connectivity index (χ0v) is 19.4. The third-order valence-electron chi connectivity index (χ3n) is 7.46. The van der Waals surface area contributed by atoms with Crippen LogP contribution in [0.5, 0.6) is 11.5 Å². The number of pyridine rings is 2. The van der Waals surface area contributed by atoms with Crippen LogP contribution >= 0.6 is 0 Å². The van der Waals surface area contributed by atoms with Crippen LogP contribution in [0.3, 0.4) is 0 Å². The second-order valence-corrected chi connectivity index (χ2v) is 9.40. The first-order valence-corrected chi connectivity index (χ1v) is 12.1. The second-order valence-electron chi connectivity index (χ2n) is 9.40. The van der Waals surface area contributed by atoms with Crippen LogP contribution in [0.25, 0.3) is 11.1 Å². The summed E-state index contributed by atoms with van der Waals surface area (Å²) < 4.78 is 26.6. The van der Waals surface area contributed by atoms with E-state index in [0.717, 1.165) is 54.0 Å². The van der Waals surface area contributed by atoms with Crippen LogP contribution in [-0.4, -0.2) is 29.0 Å². The van der Waals surface area contributed by atoms with Gasteiger partial charge in [0.25, 0.3) is 0 Å². The molecular weight excluding hydrogens is 455 g/mol. The predicted molar refractivity (Wildman–Crippen MR) is 134 cm³/mol. The van der Waals surface area contributed by atoms with Crippen LogP contribution in [0, 0.1) is 5.95 Å². The summed E-state index contributed by atoms with van der Waals surface area (Å²) in [4.78, 5) is 13.7. The van der Waals surface area contributed by atoms with Gasteiger partial charge < -0.3 is 15.2 Å². The van der Waals surface area contributed by atoms with Gasteiger partial charge in [0.1, 0.15) is 17.1 Å². The first-order chi connectivity index (χ1) is 17.6. The maximum absolute atomic E-state index is 14.7. The number of hydrogen-bond acceptors (Lipinski definition) is 6. The average Bonchev–Trinajstić information content (AvgIpc) is 3.22. The van der Waals surface area contributed by atoms with Crippen molar-refractivity contribution in [2.45, 2.75) is 24.3 Å². The molecule has 0 saturated carbocycles. The van der Waals surface area contributed by atoms with Gasteiger partial charge in [0, 0.05) is 53.3 Å². The first-order valence-electron chi connectivity index (χ1n) is 12.1. The van der Waals surface area contributed by atoms with Crippen LogP contribution in [-0.2, 0) is 10.3 Å². The highest BCUT2D eigenvalue weighted by molar-refractivity contribution is 6.03. The van der Waals surface area contributed by atoms with Crippen molar-refractivity contribution in [3.05, 3.63) is 107 Å². The van der Waals surface area contributed by atoms with Crippen LogP contribution in [0.4, 0.5) is 4.39 Å². The van der Waals surface area contributed by atoms with Gasteiger partial charge >= 0.3 is 0 Å². The summed E-state index contributed by atoms with van der Waals surface area (Å²) in [6, 6.07) is 19.2. The quantitative estimate of drug-likeness (QED) is 0.396. The number of aliphatic imine (C=N–C) groups is 1. The van der Waals surface area contributed by atoms with Crippen molar-refractivity contribution in [2.75, 3.05) is 13.2 Å². The maximum Gasteiger partial charge on any atom is 0.220 e. The van der Waals surface area contributed by atoms with Crippen molar-refractivity contribution in [1.82, 2.24) is 9.97 Å². The van der Waals surface area contributed by atoms with Gasteiger partial charge in [0.2, 0.25) is 5.95 Å². The number of nitrogens with zero attached hydrogens (tertiary/aromatic N) is 3. The molecule has 1 unspecified atom stereocenters. The number of halogens is 1. The molecule has 178 valence electrons. The predicted octanol–water partition coefficient (Wildman–Crippen LogP) is 5.29. The second kappa shape index (κ2) is 7.96. The fraction of sp³-hybridized carbons (Fsp3) is 0.207. The molecule has 1 saturated heterocycles. The van der Waals surface area contributed by atoms with Crippen molar-refractivity contribution in [1.29, 1.82) is 0 Å². The Hall–Kier alpha value is -4.10. The normalized spacial score (nSPS) is 20.3. The highest BCUT2D eigenvalue weighted by Gasteiger charge is 2.49. The van der Waals surface area contributed by atoms with Crippen LogP contribution in [0.15, 0.2) is 78.0 Å². The molecule has 3 aliphatic heterocycles. The Bertz CT molecular complexity index is 1550. The van der Waals surface area contributed by atoms with Crippen molar-refractivity contribution in [3.8, 4) is 22.6 Å². The smallest absolute Gasteiger partial charge is 0.220 e. The Labute approximate surface area is 207 Å². The number of aromatic nitrogens is 2. The molecule has 0 amide bonds. The van der Waals surface area contributed by atoms with Crippen molar-refractivity contribution in [2.24, 2.45) is 10.7 Å². The molecule has 2 aromatic heterocycles. The SMILES string of the molecule is NC1=NC2(c3cc(-c4cccnc4F)ccc3Oc3cnc(C4CCOCC4)cc32)c2ccccc21. The van der Waals surface area contributed by atoms with Crippen LogP contribution in [0.2, 0.25) is 0 Å². The van der Waals surface area contributed by atoms with Gasteiger partial charge in [-0.1, -0.05) is 30.3 Å². The van der Waals surface area contributed by atoms with E-state index in [1.54, 1.807) is 18.3 Å². The first kappa shape index (κ1) is 21.2. The zero-order chi connectivity index (χ0) is 24.3. The molecule has 7 heteroatoms. The Kier molecular flexibility index (Phi) is 4.69. The van der Waals surface area contributed by atoms with Gasteiger partial charge in [-0.15, -0.1) is 0 Å². The fourth-order valence-corrected chi connectivity index (χ4v) is 5.71. The third-order valence-corrected chi connectivity index (χ3v) is 7.46.